The minimum Gasteiger partial charge on any atom is -0.309 e. The van der Waals surface area contributed by atoms with Gasteiger partial charge in [-0.2, -0.15) is 0 Å². The Morgan fingerprint density at radius 2 is 0.483 bits per heavy atom. The maximum absolute atomic E-state index is 15.8. The molecule has 4 heteroatoms. The lowest BCUT2D eigenvalue weighted by Crippen LogP contribution is -2.25. The van der Waals surface area contributed by atoms with Crippen LogP contribution < -0.4 is 31.8 Å². The van der Waals surface area contributed by atoms with Crippen molar-refractivity contribution >= 4 is 111 Å². The third-order valence-electron chi connectivity index (χ3n) is 12.7. The fourth-order valence-corrected chi connectivity index (χ4v) is 15.7. The predicted molar refractivity (Wildman–Crippen MR) is 258 cm³/mol. The van der Waals surface area contributed by atoms with Crippen LogP contribution in [0.1, 0.15) is 0 Å². The first-order chi connectivity index (χ1) is 29.5. The summed E-state index contributed by atoms with van der Waals surface area (Å²) in [4.78, 5) is 0. The number of hydrogen-bond acceptors (Lipinski definition) is 2. The van der Waals surface area contributed by atoms with Crippen LogP contribution in [0.3, 0.4) is 0 Å². The molecule has 0 heterocycles. The molecule has 0 unspecified atom stereocenters. The molecular weight excluding hydrogens is 767 g/mol. The maximum Gasteiger partial charge on any atom is 0.171 e. The first-order valence-corrected chi connectivity index (χ1v) is 23.8. The molecule has 60 heavy (non-hydrogen) atoms. The maximum atomic E-state index is 15.8. The molecule has 0 amide bonds. The van der Waals surface area contributed by atoms with Crippen LogP contribution >= 0.6 is 14.3 Å². The molecule has 282 valence electrons. The molecular formula is C56H36O2P2. The molecule has 12 aromatic rings. The second-order valence-electron chi connectivity index (χ2n) is 15.8. The zero-order valence-corrected chi connectivity index (χ0v) is 34.3. The van der Waals surface area contributed by atoms with Gasteiger partial charge in [0, 0.05) is 31.8 Å². The molecule has 12 aromatic carbocycles. The van der Waals surface area contributed by atoms with Crippen LogP contribution in [0.15, 0.2) is 218 Å². The summed E-state index contributed by atoms with van der Waals surface area (Å²) in [5, 5.41) is 18.5. The van der Waals surface area contributed by atoms with E-state index in [0.717, 1.165) is 96.8 Å². The standard InChI is InChI=1S/C56H36O2P2/c57-59(41-13-5-1-6-14-41,42-15-7-2-8-16-42)51-35-27-39-23-31-47-45(29-21-37-25-33-49(51)55(39)53(37)47)46-30-22-38-26-34-50-52(36-28-40-24-32-48(46)54(38)56(40)50)60(58,43-17-9-3-10-18-43)44-19-11-4-12-20-44/h1-36H. The Kier molecular flexibility index (Phi) is 7.82. The Labute approximate surface area is 347 Å². The van der Waals surface area contributed by atoms with Crippen molar-refractivity contribution < 1.29 is 9.13 Å². The summed E-state index contributed by atoms with van der Waals surface area (Å²) in [6.45, 7) is 0. The molecule has 0 bridgehead atoms. The van der Waals surface area contributed by atoms with Crippen LogP contribution in [0.4, 0.5) is 0 Å². The van der Waals surface area contributed by atoms with Gasteiger partial charge < -0.3 is 9.13 Å². The topological polar surface area (TPSA) is 34.1 Å². The highest BCUT2D eigenvalue weighted by Crippen LogP contribution is 2.50. The molecule has 0 radical (unpaired) electrons. The average molecular weight is 803 g/mol. The van der Waals surface area contributed by atoms with Gasteiger partial charge in [0.05, 0.1) is 0 Å². The molecule has 0 aromatic heterocycles. The zero-order chi connectivity index (χ0) is 40.0. The van der Waals surface area contributed by atoms with E-state index in [1.807, 2.05) is 121 Å². The summed E-state index contributed by atoms with van der Waals surface area (Å²) in [5.74, 6) is 0. The van der Waals surface area contributed by atoms with Crippen molar-refractivity contribution in [2.24, 2.45) is 0 Å². The lowest BCUT2D eigenvalue weighted by molar-refractivity contribution is 0.592. The number of rotatable bonds is 7. The van der Waals surface area contributed by atoms with Crippen molar-refractivity contribution in [3.63, 3.8) is 0 Å². The van der Waals surface area contributed by atoms with Crippen LogP contribution in [0.2, 0.25) is 0 Å². The van der Waals surface area contributed by atoms with Gasteiger partial charge in [-0.1, -0.05) is 206 Å². The summed E-state index contributed by atoms with van der Waals surface area (Å²) < 4.78 is 31.6. The van der Waals surface area contributed by atoms with Crippen molar-refractivity contribution in [2.45, 2.75) is 0 Å². The third-order valence-corrected chi connectivity index (χ3v) is 19.0. The Morgan fingerprint density at radius 3 is 0.800 bits per heavy atom. The molecule has 0 fully saturated rings. The summed E-state index contributed by atoms with van der Waals surface area (Å²) in [6.07, 6.45) is 0. The highest BCUT2D eigenvalue weighted by Gasteiger charge is 2.33. The van der Waals surface area contributed by atoms with Crippen LogP contribution in [0, 0.1) is 0 Å². The van der Waals surface area contributed by atoms with Crippen molar-refractivity contribution in [1.82, 2.24) is 0 Å². The minimum atomic E-state index is -3.25. The van der Waals surface area contributed by atoms with Crippen LogP contribution in [0.5, 0.6) is 0 Å². The van der Waals surface area contributed by atoms with E-state index in [2.05, 4.69) is 97.1 Å². The molecule has 0 spiro atoms. The van der Waals surface area contributed by atoms with Gasteiger partial charge in [-0.25, -0.2) is 0 Å². The van der Waals surface area contributed by atoms with Gasteiger partial charge in [0.15, 0.2) is 14.3 Å². The fraction of sp³-hybridized carbons (Fsp3) is 0. The number of hydrogen-bond donors (Lipinski definition) is 0. The van der Waals surface area contributed by atoms with Crippen molar-refractivity contribution in [3.8, 4) is 11.1 Å². The zero-order valence-electron chi connectivity index (χ0n) is 32.5. The van der Waals surface area contributed by atoms with Crippen LogP contribution in [-0.4, -0.2) is 0 Å². The van der Waals surface area contributed by atoms with Gasteiger partial charge >= 0.3 is 0 Å². The summed E-state index contributed by atoms with van der Waals surface area (Å²) in [7, 11) is -6.49. The Balaban J connectivity index is 1.11. The van der Waals surface area contributed by atoms with E-state index in [0.29, 0.717) is 0 Å². The van der Waals surface area contributed by atoms with Gasteiger partial charge in [0.1, 0.15) is 0 Å². The highest BCUT2D eigenvalue weighted by atomic mass is 31.2. The second-order valence-corrected chi connectivity index (χ2v) is 21.3. The third kappa shape index (κ3) is 4.96. The molecule has 2 nitrogen and oxygen atoms in total. The fourth-order valence-electron chi connectivity index (χ4n) is 10.00. The molecule has 0 atom stereocenters. The molecule has 12 rings (SSSR count). The number of benzene rings is 12. The summed E-state index contributed by atoms with van der Waals surface area (Å²) in [5.41, 5.74) is 2.29. The van der Waals surface area contributed by atoms with Crippen LogP contribution in [-0.2, 0) is 9.13 Å². The SMILES string of the molecule is O=P(c1ccccc1)(c1ccccc1)c1ccc2ccc3c(-c4ccc5ccc6c(P(=O)(c7ccccc7)c7ccccc7)ccc7ccc4c5c76)ccc4ccc1c2c43. The van der Waals surface area contributed by atoms with Gasteiger partial charge in [0.25, 0.3) is 0 Å². The quantitative estimate of drug-likeness (QED) is 0.119. The van der Waals surface area contributed by atoms with Crippen molar-refractivity contribution in [3.05, 3.63) is 218 Å². The lowest BCUT2D eigenvalue weighted by atomic mass is 9.86. The average Bonchev–Trinajstić information content (AvgIpc) is 3.33. The normalized spacial score (nSPS) is 12.5. The van der Waals surface area contributed by atoms with Crippen molar-refractivity contribution in [1.29, 1.82) is 0 Å². The lowest BCUT2D eigenvalue weighted by Gasteiger charge is -2.24. The molecule has 0 N–H and O–H groups in total. The van der Waals surface area contributed by atoms with E-state index < -0.39 is 14.3 Å². The van der Waals surface area contributed by atoms with Gasteiger partial charge in [-0.05, 0) is 87.9 Å². The van der Waals surface area contributed by atoms with E-state index in [4.69, 9.17) is 0 Å². The van der Waals surface area contributed by atoms with Crippen LogP contribution in [0.25, 0.3) is 75.8 Å². The van der Waals surface area contributed by atoms with Crippen molar-refractivity contribution in [2.75, 3.05) is 0 Å². The first-order valence-electron chi connectivity index (χ1n) is 20.4. The smallest absolute Gasteiger partial charge is 0.171 e. The predicted octanol–water partition coefficient (Wildman–Crippen LogP) is 12.4. The second kappa shape index (κ2) is 13.4. The Hall–Kier alpha value is -6.82. The molecule has 0 aliphatic heterocycles. The highest BCUT2D eigenvalue weighted by molar-refractivity contribution is 7.86. The van der Waals surface area contributed by atoms with E-state index in [9.17, 15) is 0 Å². The van der Waals surface area contributed by atoms with E-state index in [1.54, 1.807) is 0 Å². The Bertz CT molecular complexity index is 3360. The first kappa shape index (κ1) is 35.2. The Morgan fingerprint density at radius 1 is 0.233 bits per heavy atom. The molecule has 0 saturated carbocycles. The van der Waals surface area contributed by atoms with Gasteiger partial charge in [-0.15, -0.1) is 0 Å². The van der Waals surface area contributed by atoms with E-state index in [-0.39, 0.29) is 0 Å². The molecule has 0 aliphatic rings. The van der Waals surface area contributed by atoms with E-state index >= 15 is 9.13 Å². The van der Waals surface area contributed by atoms with Gasteiger partial charge in [-0.3, -0.25) is 0 Å². The largest absolute Gasteiger partial charge is 0.309 e. The summed E-state index contributed by atoms with van der Waals surface area (Å²) in [6, 6.07) is 75.0. The monoisotopic (exact) mass is 802 g/mol. The summed E-state index contributed by atoms with van der Waals surface area (Å²) >= 11 is 0. The molecule has 0 aliphatic carbocycles. The molecule has 0 saturated heterocycles. The van der Waals surface area contributed by atoms with E-state index in [1.165, 1.54) is 10.8 Å². The minimum absolute atomic E-state index is 0.826. The van der Waals surface area contributed by atoms with Gasteiger partial charge in [0.2, 0.25) is 0 Å².